The minimum Gasteiger partial charge on any atom is -0.312 e. The minimum absolute atomic E-state index is 0.0405. The summed E-state index contributed by atoms with van der Waals surface area (Å²) >= 11 is 1.50. The Bertz CT molecular complexity index is 492. The van der Waals surface area contributed by atoms with Crippen LogP contribution in [0.5, 0.6) is 0 Å². The molecule has 104 valence electrons. The molecule has 6 heteroatoms. The van der Waals surface area contributed by atoms with Gasteiger partial charge < -0.3 is 5.32 Å². The Kier molecular flexibility index (Phi) is 5.33. The zero-order chi connectivity index (χ0) is 13.9. The summed E-state index contributed by atoms with van der Waals surface area (Å²) in [6.07, 6.45) is 0. The van der Waals surface area contributed by atoms with Gasteiger partial charge in [-0.25, -0.2) is 8.42 Å². The van der Waals surface area contributed by atoms with E-state index in [1.807, 2.05) is 33.1 Å². The SMILES string of the molecule is CCNCc1scc(C)c1S(=O)(=O)N(C)C(C)C. The van der Waals surface area contributed by atoms with Gasteiger partial charge in [-0.2, -0.15) is 4.31 Å². The highest BCUT2D eigenvalue weighted by atomic mass is 32.2. The van der Waals surface area contributed by atoms with E-state index in [1.54, 1.807) is 7.05 Å². The maximum Gasteiger partial charge on any atom is 0.244 e. The fraction of sp³-hybridized carbons (Fsp3) is 0.667. The minimum atomic E-state index is -3.38. The highest BCUT2D eigenvalue weighted by Gasteiger charge is 2.28. The van der Waals surface area contributed by atoms with Gasteiger partial charge in [0.1, 0.15) is 4.90 Å². The standard InChI is InChI=1S/C12H22N2O2S2/c1-6-13-7-11-12(10(4)8-17-11)18(15,16)14(5)9(2)3/h8-9,13H,6-7H2,1-5H3. The lowest BCUT2D eigenvalue weighted by atomic mass is 10.3. The van der Waals surface area contributed by atoms with Crippen LogP contribution in [0.4, 0.5) is 0 Å². The Morgan fingerprint density at radius 3 is 2.56 bits per heavy atom. The van der Waals surface area contributed by atoms with Crippen molar-refractivity contribution < 1.29 is 8.42 Å². The van der Waals surface area contributed by atoms with E-state index >= 15 is 0 Å². The predicted octanol–water partition coefficient (Wildman–Crippen LogP) is 2.19. The Morgan fingerprint density at radius 1 is 1.44 bits per heavy atom. The second-order valence-corrected chi connectivity index (χ2v) is 7.46. The largest absolute Gasteiger partial charge is 0.312 e. The lowest BCUT2D eigenvalue weighted by molar-refractivity contribution is 0.410. The van der Waals surface area contributed by atoms with Gasteiger partial charge in [0.15, 0.2) is 0 Å². The van der Waals surface area contributed by atoms with Crippen molar-refractivity contribution in [1.29, 1.82) is 0 Å². The van der Waals surface area contributed by atoms with Gasteiger partial charge >= 0.3 is 0 Å². The summed E-state index contributed by atoms with van der Waals surface area (Å²) in [7, 11) is -1.75. The highest BCUT2D eigenvalue weighted by Crippen LogP contribution is 2.29. The quantitative estimate of drug-likeness (QED) is 0.874. The average molecular weight is 290 g/mol. The number of nitrogens with one attached hydrogen (secondary N) is 1. The van der Waals surface area contributed by atoms with Gasteiger partial charge in [0, 0.05) is 24.5 Å². The van der Waals surface area contributed by atoms with E-state index < -0.39 is 10.0 Å². The zero-order valence-electron chi connectivity index (χ0n) is 11.6. The molecule has 0 bridgehead atoms. The summed E-state index contributed by atoms with van der Waals surface area (Å²) in [6, 6.07) is -0.0405. The lowest BCUT2D eigenvalue weighted by Crippen LogP contribution is -2.34. The predicted molar refractivity (Wildman–Crippen MR) is 76.5 cm³/mol. The monoisotopic (exact) mass is 290 g/mol. The third-order valence-electron chi connectivity index (χ3n) is 2.89. The number of rotatable bonds is 6. The number of sulfonamides is 1. The smallest absolute Gasteiger partial charge is 0.244 e. The summed E-state index contributed by atoms with van der Waals surface area (Å²) in [6.45, 7) is 9.06. The topological polar surface area (TPSA) is 49.4 Å². The van der Waals surface area contributed by atoms with Crippen molar-refractivity contribution in [2.24, 2.45) is 0 Å². The van der Waals surface area contributed by atoms with Gasteiger partial charge in [0.2, 0.25) is 10.0 Å². The van der Waals surface area contributed by atoms with E-state index in [0.717, 1.165) is 17.0 Å². The fourth-order valence-corrected chi connectivity index (χ4v) is 4.71. The van der Waals surface area contributed by atoms with Crippen molar-refractivity contribution in [3.63, 3.8) is 0 Å². The highest BCUT2D eigenvalue weighted by molar-refractivity contribution is 7.89. The molecule has 1 aromatic heterocycles. The van der Waals surface area contributed by atoms with Crippen LogP contribution in [0.1, 0.15) is 31.2 Å². The lowest BCUT2D eigenvalue weighted by Gasteiger charge is -2.22. The van der Waals surface area contributed by atoms with Crippen LogP contribution < -0.4 is 5.32 Å². The molecule has 1 aromatic rings. The van der Waals surface area contributed by atoms with Crippen LogP contribution in [0.15, 0.2) is 10.3 Å². The summed E-state index contributed by atoms with van der Waals surface area (Å²) in [5.74, 6) is 0. The summed E-state index contributed by atoms with van der Waals surface area (Å²) in [4.78, 5) is 1.37. The molecule has 0 spiro atoms. The van der Waals surface area contributed by atoms with E-state index in [4.69, 9.17) is 0 Å². The molecule has 1 N–H and O–H groups in total. The van der Waals surface area contributed by atoms with Crippen LogP contribution in [0.25, 0.3) is 0 Å². The maximum absolute atomic E-state index is 12.5. The third kappa shape index (κ3) is 3.12. The van der Waals surface area contributed by atoms with Crippen molar-refractivity contribution in [3.8, 4) is 0 Å². The number of hydrogen-bond acceptors (Lipinski definition) is 4. The Hall–Kier alpha value is -0.430. The van der Waals surface area contributed by atoms with E-state index in [1.165, 1.54) is 15.6 Å². The first kappa shape index (κ1) is 15.6. The van der Waals surface area contributed by atoms with Gasteiger partial charge in [0.05, 0.1) is 0 Å². The Morgan fingerprint density at radius 2 is 2.06 bits per heavy atom. The molecular weight excluding hydrogens is 268 g/mol. The second-order valence-electron chi connectivity index (χ2n) is 4.57. The van der Waals surface area contributed by atoms with Crippen LogP contribution in [-0.4, -0.2) is 32.4 Å². The molecule has 0 atom stereocenters. The molecule has 0 unspecified atom stereocenters. The number of thiophene rings is 1. The van der Waals surface area contributed by atoms with Crippen molar-refractivity contribution in [1.82, 2.24) is 9.62 Å². The Balaban J connectivity index is 3.19. The van der Waals surface area contributed by atoms with E-state index in [-0.39, 0.29) is 6.04 Å². The molecule has 1 rings (SSSR count). The molecule has 18 heavy (non-hydrogen) atoms. The van der Waals surface area contributed by atoms with Gasteiger partial charge in [-0.3, -0.25) is 0 Å². The van der Waals surface area contributed by atoms with Crippen LogP contribution in [0.2, 0.25) is 0 Å². The summed E-state index contributed by atoms with van der Waals surface area (Å²) < 4.78 is 26.5. The molecule has 0 saturated heterocycles. The number of aryl methyl sites for hydroxylation is 1. The fourth-order valence-electron chi connectivity index (χ4n) is 1.62. The van der Waals surface area contributed by atoms with Crippen molar-refractivity contribution in [2.45, 2.75) is 45.2 Å². The molecule has 0 fully saturated rings. The first-order chi connectivity index (χ1) is 8.32. The first-order valence-corrected chi connectivity index (χ1v) is 8.40. The molecule has 0 aliphatic rings. The van der Waals surface area contributed by atoms with Crippen LogP contribution >= 0.6 is 11.3 Å². The van der Waals surface area contributed by atoms with Crippen molar-refractivity contribution in [2.75, 3.05) is 13.6 Å². The first-order valence-electron chi connectivity index (χ1n) is 6.08. The number of hydrogen-bond donors (Lipinski definition) is 1. The Labute approximate surface area is 114 Å². The molecule has 0 aromatic carbocycles. The summed E-state index contributed by atoms with van der Waals surface area (Å²) in [5, 5.41) is 5.10. The molecule has 1 heterocycles. The third-order valence-corrected chi connectivity index (χ3v) is 6.39. The van der Waals surface area contributed by atoms with E-state index in [0.29, 0.717) is 11.4 Å². The zero-order valence-corrected chi connectivity index (χ0v) is 13.3. The normalized spacial score (nSPS) is 12.6. The molecular formula is C12H22N2O2S2. The maximum atomic E-state index is 12.5. The van der Waals surface area contributed by atoms with E-state index in [9.17, 15) is 8.42 Å². The van der Waals surface area contributed by atoms with Crippen molar-refractivity contribution >= 4 is 21.4 Å². The molecule has 0 amide bonds. The van der Waals surface area contributed by atoms with Crippen molar-refractivity contribution in [3.05, 3.63) is 15.8 Å². The molecule has 0 radical (unpaired) electrons. The van der Waals surface area contributed by atoms with Gasteiger partial charge in [-0.15, -0.1) is 11.3 Å². The molecule has 0 saturated carbocycles. The molecule has 0 aliphatic carbocycles. The number of nitrogens with zero attached hydrogens (tertiary/aromatic N) is 1. The van der Waals surface area contributed by atoms with E-state index in [2.05, 4.69) is 5.32 Å². The van der Waals surface area contributed by atoms with Gasteiger partial charge in [-0.05, 0) is 38.3 Å². The van der Waals surface area contributed by atoms with Gasteiger partial charge in [0.25, 0.3) is 0 Å². The summed E-state index contributed by atoms with van der Waals surface area (Å²) in [5.41, 5.74) is 0.834. The van der Waals surface area contributed by atoms with Gasteiger partial charge in [-0.1, -0.05) is 6.92 Å². The molecule has 0 aliphatic heterocycles. The molecule has 4 nitrogen and oxygen atoms in total. The second kappa shape index (κ2) is 6.14. The van der Waals surface area contributed by atoms with Crippen LogP contribution in [-0.2, 0) is 16.6 Å². The van der Waals surface area contributed by atoms with Crippen LogP contribution in [0.3, 0.4) is 0 Å². The van der Waals surface area contributed by atoms with Crippen LogP contribution in [0, 0.1) is 6.92 Å². The average Bonchev–Trinajstić information content (AvgIpc) is 2.67.